The summed E-state index contributed by atoms with van der Waals surface area (Å²) in [5, 5.41) is 9.53. The number of thiazole rings is 1. The summed E-state index contributed by atoms with van der Waals surface area (Å²) in [6.45, 7) is 4.43. The summed E-state index contributed by atoms with van der Waals surface area (Å²) in [6.07, 6.45) is 1.08. The molecule has 0 saturated carbocycles. The number of para-hydroxylation sites is 1. The van der Waals surface area contributed by atoms with Crippen molar-refractivity contribution in [2.75, 3.05) is 13.7 Å². The molecular formula is C30H33N5O5S. The van der Waals surface area contributed by atoms with Gasteiger partial charge in [-0.1, -0.05) is 32.0 Å². The summed E-state index contributed by atoms with van der Waals surface area (Å²) >= 11 is 1.25. The minimum absolute atomic E-state index is 0.0767. The van der Waals surface area contributed by atoms with E-state index in [-0.39, 0.29) is 34.7 Å². The highest BCUT2D eigenvalue weighted by atomic mass is 32.1. The van der Waals surface area contributed by atoms with Crippen LogP contribution in [0.3, 0.4) is 0 Å². The highest BCUT2D eigenvalue weighted by Gasteiger charge is 2.35. The van der Waals surface area contributed by atoms with Gasteiger partial charge in [-0.15, -0.1) is 11.3 Å². The van der Waals surface area contributed by atoms with Crippen LogP contribution in [0, 0.1) is 11.8 Å². The van der Waals surface area contributed by atoms with E-state index in [9.17, 15) is 19.2 Å². The lowest BCUT2D eigenvalue weighted by Gasteiger charge is -2.24. The van der Waals surface area contributed by atoms with Crippen LogP contribution in [0.5, 0.6) is 5.75 Å². The van der Waals surface area contributed by atoms with Crippen molar-refractivity contribution < 1.29 is 23.9 Å². The number of ether oxygens (including phenoxy) is 1. The van der Waals surface area contributed by atoms with Crippen molar-refractivity contribution in [2.24, 2.45) is 11.8 Å². The molecule has 0 radical (unpaired) electrons. The number of hydrogen-bond acceptors (Lipinski definition) is 7. The van der Waals surface area contributed by atoms with Crippen LogP contribution in [0.2, 0.25) is 0 Å². The number of benzene rings is 2. The Balaban J connectivity index is 1.38. The molecular weight excluding hydrogens is 542 g/mol. The lowest BCUT2D eigenvalue weighted by molar-refractivity contribution is -0.125. The zero-order chi connectivity index (χ0) is 29.1. The SMILES string of the molecule is COc1cccc2[nH]c(C(=O)N[C@@H](CC(C)C)C(=O)NC(CC3CCNC3=O)C(=O)c3nc4ccccc4s3)cc12. The Bertz CT molecular complexity index is 1580. The van der Waals surface area contributed by atoms with Gasteiger partial charge in [0.05, 0.1) is 23.4 Å². The Morgan fingerprint density at radius 2 is 1.90 bits per heavy atom. The second-order valence-corrected chi connectivity index (χ2v) is 11.7. The second kappa shape index (κ2) is 12.1. The average Bonchev–Trinajstić information content (AvgIpc) is 3.69. The van der Waals surface area contributed by atoms with Gasteiger partial charge in [0.2, 0.25) is 17.6 Å². The second-order valence-electron chi connectivity index (χ2n) is 10.7. The molecule has 3 atom stereocenters. The number of rotatable bonds is 11. The van der Waals surface area contributed by atoms with E-state index in [1.807, 2.05) is 50.2 Å². The molecule has 1 saturated heterocycles. The maximum atomic E-state index is 13.7. The van der Waals surface area contributed by atoms with E-state index >= 15 is 0 Å². The van der Waals surface area contributed by atoms with Gasteiger partial charge >= 0.3 is 0 Å². The van der Waals surface area contributed by atoms with Crippen molar-refractivity contribution in [1.29, 1.82) is 0 Å². The minimum Gasteiger partial charge on any atom is -0.496 e. The van der Waals surface area contributed by atoms with Gasteiger partial charge in [-0.3, -0.25) is 19.2 Å². The first-order valence-corrected chi connectivity index (χ1v) is 14.5. The fraction of sp³-hybridized carbons (Fsp3) is 0.367. The van der Waals surface area contributed by atoms with E-state index in [4.69, 9.17) is 4.74 Å². The van der Waals surface area contributed by atoms with Crippen LogP contribution in [0.1, 0.15) is 53.4 Å². The number of carbonyl (C=O) groups is 4. The normalized spacial score (nSPS) is 16.5. The third kappa shape index (κ3) is 6.25. The summed E-state index contributed by atoms with van der Waals surface area (Å²) in [6, 6.07) is 12.7. The van der Waals surface area contributed by atoms with E-state index in [0.717, 1.165) is 15.6 Å². The zero-order valence-corrected chi connectivity index (χ0v) is 24.0. The number of amides is 3. The minimum atomic E-state index is -0.971. The van der Waals surface area contributed by atoms with E-state index < -0.39 is 29.8 Å². The summed E-state index contributed by atoms with van der Waals surface area (Å²) in [5.41, 5.74) is 1.72. The Kier molecular flexibility index (Phi) is 8.34. The number of nitrogens with one attached hydrogen (secondary N) is 4. The molecule has 11 heteroatoms. The standard InChI is InChI=1S/C30H33N5O5S/c1-16(2)13-22(34-29(39)23-15-18-19(32-23)8-6-9-24(18)40-3)28(38)33-21(14-17-11-12-31-27(17)37)26(36)30-35-20-7-4-5-10-25(20)41-30/h4-10,15-17,21-22,32H,11-14H2,1-3H3,(H,31,37)(H,33,38)(H,34,39)/t17?,21?,22-/m0/s1. The summed E-state index contributed by atoms with van der Waals surface area (Å²) in [7, 11) is 1.56. The maximum absolute atomic E-state index is 13.7. The molecule has 0 aliphatic carbocycles. The van der Waals surface area contributed by atoms with Crippen LogP contribution in [-0.4, -0.2) is 59.2 Å². The summed E-state index contributed by atoms with van der Waals surface area (Å²) in [5.74, 6) is -1.13. The summed E-state index contributed by atoms with van der Waals surface area (Å²) < 4.78 is 6.26. The first-order valence-electron chi connectivity index (χ1n) is 13.7. The number of hydrogen-bond donors (Lipinski definition) is 4. The third-order valence-electron chi connectivity index (χ3n) is 7.24. The van der Waals surface area contributed by atoms with E-state index in [2.05, 4.69) is 25.9 Å². The Labute approximate surface area is 241 Å². The molecule has 2 unspecified atom stereocenters. The molecule has 5 rings (SSSR count). The predicted octanol–water partition coefficient (Wildman–Crippen LogP) is 3.82. The Morgan fingerprint density at radius 1 is 1.10 bits per heavy atom. The zero-order valence-electron chi connectivity index (χ0n) is 23.2. The van der Waals surface area contributed by atoms with Crippen LogP contribution >= 0.6 is 11.3 Å². The highest BCUT2D eigenvalue weighted by molar-refractivity contribution is 7.20. The van der Waals surface area contributed by atoms with Crippen molar-refractivity contribution in [3.05, 3.63) is 59.2 Å². The number of Topliss-reactive ketones (excluding diaryl/α,β-unsaturated/α-hetero) is 1. The topological polar surface area (TPSA) is 142 Å². The van der Waals surface area contributed by atoms with Crippen molar-refractivity contribution in [3.8, 4) is 5.75 Å². The first-order chi connectivity index (χ1) is 19.7. The van der Waals surface area contributed by atoms with Gasteiger partial charge in [0.1, 0.15) is 17.5 Å². The molecule has 41 heavy (non-hydrogen) atoms. The quantitative estimate of drug-likeness (QED) is 0.200. The molecule has 2 aromatic carbocycles. The number of fused-ring (bicyclic) bond motifs is 2. The molecule has 0 spiro atoms. The van der Waals surface area contributed by atoms with Crippen LogP contribution < -0.4 is 20.7 Å². The van der Waals surface area contributed by atoms with Gasteiger partial charge < -0.3 is 25.7 Å². The molecule has 4 N–H and O–H groups in total. The van der Waals surface area contributed by atoms with Gasteiger partial charge in [0.15, 0.2) is 5.01 Å². The van der Waals surface area contributed by atoms with Gasteiger partial charge in [0, 0.05) is 23.4 Å². The predicted molar refractivity (Wildman–Crippen MR) is 157 cm³/mol. The number of aromatic amines is 1. The van der Waals surface area contributed by atoms with E-state index in [0.29, 0.717) is 30.7 Å². The third-order valence-corrected chi connectivity index (χ3v) is 8.29. The first kappa shape index (κ1) is 28.3. The lowest BCUT2D eigenvalue weighted by Crippen LogP contribution is -2.52. The fourth-order valence-electron chi connectivity index (χ4n) is 5.15. The number of methoxy groups -OCH3 is 1. The molecule has 10 nitrogen and oxygen atoms in total. The van der Waals surface area contributed by atoms with Crippen molar-refractivity contribution in [1.82, 2.24) is 25.9 Å². The number of H-pyrrole nitrogens is 1. The van der Waals surface area contributed by atoms with E-state index in [1.165, 1.54) is 11.3 Å². The molecule has 1 aliphatic heterocycles. The lowest BCUT2D eigenvalue weighted by atomic mass is 9.95. The average molecular weight is 576 g/mol. The monoisotopic (exact) mass is 575 g/mol. The van der Waals surface area contributed by atoms with Gasteiger partial charge in [-0.05, 0) is 55.5 Å². The maximum Gasteiger partial charge on any atom is 0.268 e. The molecule has 1 aliphatic rings. The van der Waals surface area contributed by atoms with Crippen LogP contribution in [0.4, 0.5) is 0 Å². The van der Waals surface area contributed by atoms with Crippen LogP contribution in [0.15, 0.2) is 48.5 Å². The van der Waals surface area contributed by atoms with Crippen LogP contribution in [-0.2, 0) is 9.59 Å². The number of aromatic nitrogens is 2. The number of ketones is 1. The molecule has 0 bridgehead atoms. The van der Waals surface area contributed by atoms with E-state index in [1.54, 1.807) is 19.2 Å². The largest absolute Gasteiger partial charge is 0.496 e. The Hall–Kier alpha value is -4.25. The molecule has 214 valence electrons. The smallest absolute Gasteiger partial charge is 0.268 e. The van der Waals surface area contributed by atoms with Crippen molar-refractivity contribution >= 4 is 56.0 Å². The summed E-state index contributed by atoms with van der Waals surface area (Å²) in [4.78, 5) is 60.6. The van der Waals surface area contributed by atoms with Gasteiger partial charge in [-0.2, -0.15) is 0 Å². The van der Waals surface area contributed by atoms with Crippen LogP contribution in [0.25, 0.3) is 21.1 Å². The molecule has 2 aromatic heterocycles. The van der Waals surface area contributed by atoms with Crippen molar-refractivity contribution in [3.63, 3.8) is 0 Å². The molecule has 3 heterocycles. The van der Waals surface area contributed by atoms with Gasteiger partial charge in [0.25, 0.3) is 5.91 Å². The van der Waals surface area contributed by atoms with Gasteiger partial charge in [-0.25, -0.2) is 4.98 Å². The number of carbonyl (C=O) groups excluding carboxylic acids is 4. The molecule has 1 fully saturated rings. The fourth-order valence-corrected chi connectivity index (χ4v) is 6.11. The molecule has 3 amide bonds. The number of nitrogens with zero attached hydrogens (tertiary/aromatic N) is 1. The molecule has 4 aromatic rings. The van der Waals surface area contributed by atoms with Crippen molar-refractivity contribution in [2.45, 2.75) is 45.2 Å². The highest BCUT2D eigenvalue weighted by Crippen LogP contribution is 2.27. The Morgan fingerprint density at radius 3 is 2.61 bits per heavy atom.